The first-order chi connectivity index (χ1) is 40.1. The summed E-state index contributed by atoms with van der Waals surface area (Å²) in [5.41, 5.74) is 16.2. The molecule has 6 nitrogen and oxygen atoms in total. The van der Waals surface area contributed by atoms with Crippen molar-refractivity contribution in [2.75, 3.05) is 0 Å². The average Bonchev–Trinajstić information content (AvgIpc) is 4.44. The zero-order chi connectivity index (χ0) is 55.6. The minimum absolute atomic E-state index is 0.0835. The maximum absolute atomic E-state index is 6.40. The number of thiophene rings is 2. The van der Waals surface area contributed by atoms with Crippen molar-refractivity contribution in [2.45, 2.75) is 6.92 Å². The summed E-state index contributed by atoms with van der Waals surface area (Å²) in [4.78, 5) is 16.9. The average molecular weight is 1200 g/mol. The van der Waals surface area contributed by atoms with Gasteiger partial charge in [0, 0.05) is 66.7 Å². The lowest BCUT2D eigenvalue weighted by molar-refractivity contribution is 0.666. The van der Waals surface area contributed by atoms with Crippen molar-refractivity contribution in [3.8, 4) is 55.8 Å². The maximum atomic E-state index is 6.40. The zero-order valence-electron chi connectivity index (χ0n) is 43.1. The predicted octanol–water partition coefficient (Wildman–Crippen LogP) is 23.1. The van der Waals surface area contributed by atoms with E-state index in [-0.39, 0.29) is 15.7 Å². The third kappa shape index (κ3) is 9.80. The van der Waals surface area contributed by atoms with Crippen LogP contribution in [0.15, 0.2) is 227 Å². The van der Waals surface area contributed by atoms with E-state index < -0.39 is 0 Å². The summed E-state index contributed by atoms with van der Waals surface area (Å²) in [6.07, 6.45) is 0. The summed E-state index contributed by atoms with van der Waals surface area (Å²) >= 11 is 33.9. The number of furan rings is 2. The number of fused-ring (bicyclic) bond motifs is 12. The number of halogens is 5. The second-order valence-electron chi connectivity index (χ2n) is 19.6. The second kappa shape index (κ2) is 21.6. The van der Waals surface area contributed by atoms with E-state index in [9.17, 15) is 0 Å². The van der Waals surface area contributed by atoms with E-state index in [0.29, 0.717) is 49.1 Å². The fourth-order valence-electron chi connectivity index (χ4n) is 10.7. The largest absolute Gasteiger partial charge is 0.452 e. The van der Waals surface area contributed by atoms with Crippen molar-refractivity contribution in [3.05, 3.63) is 250 Å². The molecule has 0 bridgehead atoms. The van der Waals surface area contributed by atoms with Crippen LogP contribution in [0.25, 0.3) is 140 Å². The summed E-state index contributed by atoms with van der Waals surface area (Å²) in [5, 5.41) is 8.53. The Morgan fingerprint density at radius 2 is 0.768 bits per heavy atom. The van der Waals surface area contributed by atoms with E-state index in [1.54, 1.807) is 24.3 Å². The van der Waals surface area contributed by atoms with Gasteiger partial charge in [-0.1, -0.05) is 192 Å². The quantitative estimate of drug-likeness (QED) is 0.126. The van der Waals surface area contributed by atoms with Crippen molar-refractivity contribution in [3.63, 3.8) is 0 Å². The number of rotatable bonds is 5. The standard InChI is InChI=1S/C34H18Cl2N2OS.C25H18S.C10H3Cl3N2O/c35-23-14-15-28-27(18-23)31-32(39-28)30(37-34(36)38-31)22-9-4-7-20(17-22)19-6-3-8-21(16-19)24-11-5-12-26-25-10-1-2-13-29(25)40-33(24)26;1-17-7-4-8-18(15-17)19-9-5-10-20(16-19)21-12-6-13-23-22-11-2-3-14-24(22)26-25(21)23;11-4-1-2-6-5(3-4)7-8(16-6)9(12)15-10(13)14-7/h1-18H;2-16H,1H3;1-3H. The Balaban J connectivity index is 0.000000122. The molecule has 0 aliphatic heterocycles. The smallest absolute Gasteiger partial charge is 0.224 e. The SMILES string of the molecule is Cc1cccc(-c2cccc(-c3cccc4c3sc3ccccc34)c2)c1.Clc1ccc2oc3c(-c4cccc(-c5cccc(-c6cccc7c6sc6ccccc67)c5)c4)nc(Cl)nc3c2c1.Clc1ccc2oc3c(Cl)nc(Cl)nc3c2c1. The zero-order valence-corrected chi connectivity index (χ0v) is 48.5. The molecule has 0 spiro atoms. The summed E-state index contributed by atoms with van der Waals surface area (Å²) in [7, 11) is 0. The Morgan fingerprint density at radius 1 is 0.341 bits per heavy atom. The highest BCUT2D eigenvalue weighted by Crippen LogP contribution is 2.44. The number of hydrogen-bond acceptors (Lipinski definition) is 8. The lowest BCUT2D eigenvalue weighted by atomic mass is 9.96. The molecule has 0 N–H and O–H groups in total. The van der Waals surface area contributed by atoms with Crippen molar-refractivity contribution in [1.29, 1.82) is 0 Å². The summed E-state index contributed by atoms with van der Waals surface area (Å²) in [6, 6.07) is 75.8. The second-order valence-corrected chi connectivity index (χ2v) is 23.6. The third-order valence-corrected chi connectivity index (χ3v) is 17.9. The Kier molecular flexibility index (Phi) is 13.7. The van der Waals surface area contributed by atoms with Gasteiger partial charge in [-0.2, -0.15) is 0 Å². The van der Waals surface area contributed by atoms with Crippen LogP contribution in [0, 0.1) is 6.92 Å². The summed E-state index contributed by atoms with van der Waals surface area (Å²) in [6.45, 7) is 2.14. The maximum Gasteiger partial charge on any atom is 0.224 e. The van der Waals surface area contributed by atoms with E-state index >= 15 is 0 Å². The molecule has 0 unspecified atom stereocenters. The molecule has 0 aliphatic rings. The van der Waals surface area contributed by atoms with E-state index in [1.165, 1.54) is 79.3 Å². The van der Waals surface area contributed by atoms with Gasteiger partial charge in [0.1, 0.15) is 27.9 Å². The lowest BCUT2D eigenvalue weighted by Gasteiger charge is -2.09. The van der Waals surface area contributed by atoms with Crippen LogP contribution in [-0.4, -0.2) is 19.9 Å². The molecule has 13 heteroatoms. The molecule has 16 aromatic rings. The van der Waals surface area contributed by atoms with Gasteiger partial charge in [-0.25, -0.2) is 19.9 Å². The normalized spacial score (nSPS) is 11.5. The Hall–Kier alpha value is -8.15. The van der Waals surface area contributed by atoms with Crippen molar-refractivity contribution in [1.82, 2.24) is 19.9 Å². The molecule has 16 rings (SSSR count). The fourth-order valence-corrected chi connectivity index (χ4v) is 14.1. The first-order valence-corrected chi connectivity index (χ1v) is 29.5. The van der Waals surface area contributed by atoms with Gasteiger partial charge in [-0.3, -0.25) is 0 Å². The van der Waals surface area contributed by atoms with E-state index in [4.69, 9.17) is 66.8 Å². The van der Waals surface area contributed by atoms with Gasteiger partial charge in [0.05, 0.1) is 0 Å². The van der Waals surface area contributed by atoms with Crippen LogP contribution in [-0.2, 0) is 0 Å². The topological polar surface area (TPSA) is 77.8 Å². The summed E-state index contributed by atoms with van der Waals surface area (Å²) in [5.74, 6) is 0. The van der Waals surface area contributed by atoms with Gasteiger partial charge in [-0.05, 0) is 141 Å². The number of hydrogen-bond donors (Lipinski definition) is 0. The molecule has 0 amide bonds. The van der Waals surface area contributed by atoms with Crippen LogP contribution >= 0.6 is 80.7 Å². The van der Waals surface area contributed by atoms with Gasteiger partial charge < -0.3 is 8.83 Å². The number of nitrogens with zero attached hydrogens (tertiary/aromatic N) is 4. The highest BCUT2D eigenvalue weighted by atomic mass is 35.5. The van der Waals surface area contributed by atoms with Crippen LogP contribution in [0.4, 0.5) is 0 Å². The molecule has 394 valence electrons. The molecular formula is C69H39Cl5N4O2S2. The van der Waals surface area contributed by atoms with Crippen LogP contribution in [0.3, 0.4) is 0 Å². The number of aromatic nitrogens is 4. The third-order valence-electron chi connectivity index (χ3n) is 14.4. The van der Waals surface area contributed by atoms with Gasteiger partial charge in [-0.15, -0.1) is 22.7 Å². The van der Waals surface area contributed by atoms with E-state index in [1.807, 2.05) is 46.9 Å². The molecule has 0 saturated heterocycles. The van der Waals surface area contributed by atoms with E-state index in [2.05, 4.69) is 197 Å². The Bertz CT molecular complexity index is 5180. The lowest BCUT2D eigenvalue weighted by Crippen LogP contribution is -1.90. The molecule has 0 fully saturated rings. The van der Waals surface area contributed by atoms with E-state index in [0.717, 1.165) is 27.5 Å². The highest BCUT2D eigenvalue weighted by Gasteiger charge is 2.19. The van der Waals surface area contributed by atoms with Crippen molar-refractivity contribution in [2.24, 2.45) is 0 Å². The highest BCUT2D eigenvalue weighted by molar-refractivity contribution is 7.26. The van der Waals surface area contributed by atoms with Crippen LogP contribution in [0.2, 0.25) is 25.8 Å². The predicted molar refractivity (Wildman–Crippen MR) is 348 cm³/mol. The monoisotopic (exact) mass is 1190 g/mol. The van der Waals surface area contributed by atoms with Gasteiger partial charge in [0.2, 0.25) is 10.6 Å². The summed E-state index contributed by atoms with van der Waals surface area (Å²) < 4.78 is 17.0. The fraction of sp³-hybridized carbons (Fsp3) is 0.0145. The molecule has 82 heavy (non-hydrogen) atoms. The molecule has 0 aliphatic carbocycles. The molecule has 6 aromatic heterocycles. The number of benzene rings is 10. The first kappa shape index (κ1) is 52.0. The van der Waals surface area contributed by atoms with Gasteiger partial charge >= 0.3 is 0 Å². The molecule has 0 atom stereocenters. The molecule has 0 radical (unpaired) electrons. The van der Waals surface area contributed by atoms with Crippen LogP contribution in [0.5, 0.6) is 0 Å². The molecule has 10 aromatic carbocycles. The van der Waals surface area contributed by atoms with Gasteiger partial charge in [0.15, 0.2) is 16.3 Å². The van der Waals surface area contributed by atoms with Crippen LogP contribution in [0.1, 0.15) is 5.56 Å². The van der Waals surface area contributed by atoms with Crippen LogP contribution < -0.4 is 0 Å². The minimum atomic E-state index is 0.0835. The molecule has 6 heterocycles. The first-order valence-electron chi connectivity index (χ1n) is 26.0. The Labute approximate surface area is 502 Å². The molecule has 0 saturated carbocycles. The Morgan fingerprint density at radius 3 is 1.32 bits per heavy atom. The van der Waals surface area contributed by atoms with Crippen molar-refractivity contribution < 1.29 is 8.83 Å². The number of aryl methyl sites for hydroxylation is 1. The van der Waals surface area contributed by atoms with Gasteiger partial charge in [0.25, 0.3) is 0 Å². The van der Waals surface area contributed by atoms with Crippen molar-refractivity contribution >= 4 is 165 Å². The molecular weight excluding hydrogens is 1160 g/mol. The minimum Gasteiger partial charge on any atom is -0.452 e.